The number of rotatable bonds is 4. The third-order valence-electron chi connectivity index (χ3n) is 5.67. The molecule has 31 heavy (non-hydrogen) atoms. The maximum absolute atomic E-state index is 6.01. The molecule has 1 unspecified atom stereocenters. The summed E-state index contributed by atoms with van der Waals surface area (Å²) >= 11 is 3.52. The second-order valence-electron chi connectivity index (χ2n) is 7.63. The molecular formula is C26H21BrN4. The highest BCUT2D eigenvalue weighted by Crippen LogP contribution is 2.41. The lowest BCUT2D eigenvalue weighted by Crippen LogP contribution is -2.25. The van der Waals surface area contributed by atoms with Crippen LogP contribution in [-0.2, 0) is 5.41 Å². The summed E-state index contributed by atoms with van der Waals surface area (Å²) < 4.78 is 0.992. The normalized spacial score (nSPS) is 17.7. The molecule has 1 atom stereocenters. The van der Waals surface area contributed by atoms with Crippen molar-refractivity contribution < 1.29 is 0 Å². The Bertz CT molecular complexity index is 1310. The standard InChI is InChI=1S/C26H21BrN4/c27-20-10-7-11-21(17-20)29-24-22-16-19(12-13-23(22)30-25(28)31-24)26(14-5-2-6-15-26)18-8-3-1-4-9-18/h1-14,16-17H,15H2,(H3,28,29,30,31). The van der Waals surface area contributed by atoms with Gasteiger partial charge in [0.15, 0.2) is 0 Å². The van der Waals surface area contributed by atoms with Crippen LogP contribution in [0.3, 0.4) is 0 Å². The van der Waals surface area contributed by atoms with Gasteiger partial charge in [0.05, 0.1) is 5.52 Å². The van der Waals surface area contributed by atoms with Crippen LogP contribution < -0.4 is 11.1 Å². The summed E-state index contributed by atoms with van der Waals surface area (Å²) in [5.74, 6) is 0.942. The van der Waals surface area contributed by atoms with Gasteiger partial charge in [-0.3, -0.25) is 0 Å². The molecule has 0 spiro atoms. The highest BCUT2D eigenvalue weighted by atomic mass is 79.9. The third kappa shape index (κ3) is 3.73. The van der Waals surface area contributed by atoms with Crippen molar-refractivity contribution >= 4 is 44.3 Å². The van der Waals surface area contributed by atoms with E-state index in [9.17, 15) is 0 Å². The number of fused-ring (bicyclic) bond motifs is 1. The predicted molar refractivity (Wildman–Crippen MR) is 131 cm³/mol. The Morgan fingerprint density at radius 3 is 2.52 bits per heavy atom. The second-order valence-corrected chi connectivity index (χ2v) is 8.54. The van der Waals surface area contributed by atoms with Crippen LogP contribution in [0.1, 0.15) is 17.5 Å². The highest BCUT2D eigenvalue weighted by Gasteiger charge is 2.32. The number of benzene rings is 3. The first-order valence-corrected chi connectivity index (χ1v) is 10.9. The molecule has 0 amide bonds. The van der Waals surface area contributed by atoms with E-state index in [0.717, 1.165) is 27.5 Å². The lowest BCUT2D eigenvalue weighted by Gasteiger charge is -2.33. The molecule has 1 aliphatic rings. The van der Waals surface area contributed by atoms with Crippen molar-refractivity contribution in [2.75, 3.05) is 11.1 Å². The van der Waals surface area contributed by atoms with Crippen molar-refractivity contribution in [3.8, 4) is 0 Å². The Morgan fingerprint density at radius 2 is 1.74 bits per heavy atom. The van der Waals surface area contributed by atoms with Gasteiger partial charge in [-0.25, -0.2) is 4.98 Å². The van der Waals surface area contributed by atoms with Gasteiger partial charge in [-0.2, -0.15) is 4.98 Å². The summed E-state index contributed by atoms with van der Waals surface area (Å²) in [4.78, 5) is 8.98. The fourth-order valence-electron chi connectivity index (χ4n) is 4.17. The van der Waals surface area contributed by atoms with Gasteiger partial charge in [0.25, 0.3) is 0 Å². The molecule has 4 aromatic rings. The number of anilines is 3. The topological polar surface area (TPSA) is 63.8 Å². The Balaban J connectivity index is 1.68. The van der Waals surface area contributed by atoms with Gasteiger partial charge in [0.2, 0.25) is 5.95 Å². The van der Waals surface area contributed by atoms with Crippen LogP contribution in [0.5, 0.6) is 0 Å². The van der Waals surface area contributed by atoms with Crippen LogP contribution in [-0.4, -0.2) is 9.97 Å². The van der Waals surface area contributed by atoms with Crippen molar-refractivity contribution in [3.63, 3.8) is 0 Å². The lowest BCUT2D eigenvalue weighted by molar-refractivity contribution is 0.648. The molecule has 0 bridgehead atoms. The molecule has 4 nitrogen and oxygen atoms in total. The minimum absolute atomic E-state index is 0.237. The monoisotopic (exact) mass is 468 g/mol. The van der Waals surface area contributed by atoms with Crippen LogP contribution >= 0.6 is 15.9 Å². The smallest absolute Gasteiger partial charge is 0.222 e. The van der Waals surface area contributed by atoms with E-state index in [4.69, 9.17) is 5.73 Å². The number of hydrogen-bond acceptors (Lipinski definition) is 4. The van der Waals surface area contributed by atoms with Crippen molar-refractivity contribution in [3.05, 3.63) is 113 Å². The van der Waals surface area contributed by atoms with Crippen LogP contribution in [0, 0.1) is 0 Å². The van der Waals surface area contributed by atoms with E-state index in [1.807, 2.05) is 30.3 Å². The molecule has 5 rings (SSSR count). The average Bonchev–Trinajstić information content (AvgIpc) is 2.80. The Hall–Kier alpha value is -3.44. The van der Waals surface area contributed by atoms with E-state index in [1.54, 1.807) is 0 Å². The van der Waals surface area contributed by atoms with Crippen LogP contribution in [0.2, 0.25) is 0 Å². The van der Waals surface area contributed by atoms with Gasteiger partial charge in [-0.15, -0.1) is 0 Å². The zero-order chi connectivity index (χ0) is 21.3. The van der Waals surface area contributed by atoms with Crippen molar-refractivity contribution in [1.29, 1.82) is 0 Å². The first kappa shape index (κ1) is 19.5. The molecule has 1 aliphatic carbocycles. The maximum Gasteiger partial charge on any atom is 0.222 e. The SMILES string of the molecule is Nc1nc(Nc2cccc(Br)c2)c2cc(C3(c4ccccc4)C=CC=CC3)ccc2n1. The molecule has 0 aliphatic heterocycles. The number of nitrogen functional groups attached to an aromatic ring is 1. The molecule has 1 aromatic heterocycles. The fourth-order valence-corrected chi connectivity index (χ4v) is 4.57. The zero-order valence-electron chi connectivity index (χ0n) is 16.8. The molecule has 0 fully saturated rings. The van der Waals surface area contributed by atoms with E-state index < -0.39 is 0 Å². The number of nitrogens with zero attached hydrogens (tertiary/aromatic N) is 2. The molecule has 152 valence electrons. The molecule has 0 radical (unpaired) electrons. The molecule has 0 saturated heterocycles. The zero-order valence-corrected chi connectivity index (χ0v) is 18.4. The number of aromatic nitrogens is 2. The van der Waals surface area contributed by atoms with Gasteiger partial charge >= 0.3 is 0 Å². The van der Waals surface area contributed by atoms with Crippen molar-refractivity contribution in [2.24, 2.45) is 0 Å². The molecule has 0 saturated carbocycles. The van der Waals surface area contributed by atoms with E-state index in [1.165, 1.54) is 11.1 Å². The summed E-state index contributed by atoms with van der Waals surface area (Å²) in [6.45, 7) is 0. The summed E-state index contributed by atoms with van der Waals surface area (Å²) in [6, 6.07) is 25.0. The van der Waals surface area contributed by atoms with Gasteiger partial charge in [0.1, 0.15) is 5.82 Å². The third-order valence-corrected chi connectivity index (χ3v) is 6.17. The lowest BCUT2D eigenvalue weighted by atomic mass is 9.70. The van der Waals surface area contributed by atoms with Crippen molar-refractivity contribution in [1.82, 2.24) is 9.97 Å². The predicted octanol–water partition coefficient (Wildman–Crippen LogP) is 6.52. The summed E-state index contributed by atoms with van der Waals surface area (Å²) in [5.41, 5.74) is 9.97. The number of nitrogens with one attached hydrogen (secondary N) is 1. The summed E-state index contributed by atoms with van der Waals surface area (Å²) in [5, 5.41) is 4.35. The number of nitrogens with two attached hydrogens (primary N) is 1. The van der Waals surface area contributed by atoms with Gasteiger partial charge in [-0.1, -0.05) is 82.7 Å². The maximum atomic E-state index is 6.01. The van der Waals surface area contributed by atoms with E-state index in [2.05, 4.69) is 98.0 Å². The Labute approximate surface area is 189 Å². The van der Waals surface area contributed by atoms with Gasteiger partial charge in [0, 0.05) is 21.0 Å². The van der Waals surface area contributed by atoms with Crippen molar-refractivity contribution in [2.45, 2.75) is 11.8 Å². The Kier molecular flexibility index (Phi) is 5.04. The quantitative estimate of drug-likeness (QED) is 0.357. The first-order chi connectivity index (χ1) is 15.1. The molecule has 1 heterocycles. The second kappa shape index (κ2) is 8.00. The largest absolute Gasteiger partial charge is 0.368 e. The number of halogens is 1. The average molecular weight is 469 g/mol. The summed E-state index contributed by atoms with van der Waals surface area (Å²) in [6.07, 6.45) is 9.62. The minimum atomic E-state index is -0.237. The molecule has 3 N–H and O–H groups in total. The van der Waals surface area contributed by atoms with Crippen LogP contribution in [0.4, 0.5) is 17.5 Å². The first-order valence-electron chi connectivity index (χ1n) is 10.1. The van der Waals surface area contributed by atoms with Gasteiger partial charge in [-0.05, 0) is 47.9 Å². The van der Waals surface area contributed by atoms with E-state index in [-0.39, 0.29) is 11.4 Å². The van der Waals surface area contributed by atoms with E-state index >= 15 is 0 Å². The summed E-state index contributed by atoms with van der Waals surface area (Å²) in [7, 11) is 0. The molecule has 3 aromatic carbocycles. The van der Waals surface area contributed by atoms with Crippen LogP contribution in [0.25, 0.3) is 10.9 Å². The Morgan fingerprint density at radius 1 is 0.871 bits per heavy atom. The van der Waals surface area contributed by atoms with Crippen LogP contribution in [0.15, 0.2) is 102 Å². The van der Waals surface area contributed by atoms with E-state index in [0.29, 0.717) is 5.82 Å². The minimum Gasteiger partial charge on any atom is -0.368 e. The fraction of sp³-hybridized carbons (Fsp3) is 0.0769. The number of hydrogen-bond donors (Lipinski definition) is 2. The molecule has 5 heteroatoms. The van der Waals surface area contributed by atoms with Gasteiger partial charge < -0.3 is 11.1 Å². The number of allylic oxidation sites excluding steroid dienone is 4. The highest BCUT2D eigenvalue weighted by molar-refractivity contribution is 9.10. The molecular weight excluding hydrogens is 448 g/mol.